The highest BCUT2D eigenvalue weighted by Gasteiger charge is 2.45. The maximum Gasteiger partial charge on any atom is -0.00488 e. The molecule has 1 saturated carbocycles. The molecule has 0 amide bonds. The Labute approximate surface area is 262 Å². The standard InChI is InChI=1S/C24H46P14/c1-5-14-15(6-2)17(8-9-25)18(10-22(26)27)19(11-23(28)29)20(12-24(30)37(32)33)21(16(14)7-3)13-35-38(34)36(4)31/h5-21H,1-3,25-34H2,4H3/b9-8+,24-12+. The van der Waals surface area contributed by atoms with Crippen LogP contribution < -0.4 is 0 Å². The molecular formula is C24H46P14. The van der Waals surface area contributed by atoms with E-state index >= 15 is 0 Å². The van der Waals surface area contributed by atoms with Crippen molar-refractivity contribution in [3.05, 3.63) is 83.3 Å². The smallest absolute Gasteiger partial charge is 0.00488 e. The first-order chi connectivity index (χ1) is 17.8. The molecule has 14 heteroatoms. The average Bonchev–Trinajstić information content (AvgIpc) is 2.84. The molecule has 0 heterocycles. The van der Waals surface area contributed by atoms with E-state index in [0.717, 1.165) is 0 Å². The van der Waals surface area contributed by atoms with Gasteiger partial charge in [-0.3, -0.25) is 0 Å². The van der Waals surface area contributed by atoms with Gasteiger partial charge in [-0.1, -0.05) is 78.3 Å². The van der Waals surface area contributed by atoms with E-state index in [4.69, 9.17) is 0 Å². The van der Waals surface area contributed by atoms with E-state index in [1.165, 1.54) is 23.1 Å². The summed E-state index contributed by atoms with van der Waals surface area (Å²) in [5, 5.41) is 3.73. The highest BCUT2D eigenvalue weighted by molar-refractivity contribution is 8.83. The SMILES string of the molecule is C=CC1C(C=C)C(C=PP(P)P(C)P)C(/C=C(\P)P(P)P)C(C=C(P)P)C(C=C(P)P)C(/C=C/P)C1C=C. The van der Waals surface area contributed by atoms with Crippen LogP contribution in [0.5, 0.6) is 0 Å². The van der Waals surface area contributed by atoms with E-state index in [0.29, 0.717) is 5.92 Å². The molecular weight excluding hydrogens is 722 g/mol. The topological polar surface area (TPSA) is 0 Å². The molecule has 0 spiro atoms. The molecule has 20 atom stereocenters. The molecule has 0 saturated heterocycles. The Hall–Kier alpha value is 3.94. The molecule has 0 aromatic carbocycles. The molecule has 0 nitrogen and oxygen atoms in total. The minimum Gasteiger partial charge on any atom is -0.114 e. The van der Waals surface area contributed by atoms with Crippen molar-refractivity contribution in [3.8, 4) is 0 Å². The van der Waals surface area contributed by atoms with Crippen LogP contribution in [0, 0.1) is 47.3 Å². The van der Waals surface area contributed by atoms with Crippen LogP contribution in [0.3, 0.4) is 0 Å². The summed E-state index contributed by atoms with van der Waals surface area (Å²) in [7, 11) is 30.6. The fourth-order valence-corrected chi connectivity index (χ4v) is 13.9. The molecule has 1 aliphatic rings. The normalized spacial score (nSPS) is 32.4. The lowest BCUT2D eigenvalue weighted by atomic mass is 9.57. The molecule has 38 heavy (non-hydrogen) atoms. The summed E-state index contributed by atoms with van der Waals surface area (Å²) in [6.07, 6.45) is 16.3. The summed E-state index contributed by atoms with van der Waals surface area (Å²) in [5.74, 6) is 6.81. The molecule has 1 aliphatic carbocycles. The Bertz CT molecular complexity index is 942. The average molecular weight is 768 g/mol. The largest absolute Gasteiger partial charge is 0.114 e. The molecule has 0 aliphatic heterocycles. The van der Waals surface area contributed by atoms with E-state index in [9.17, 15) is 0 Å². The highest BCUT2D eigenvalue weighted by atomic mass is 32.8. The van der Waals surface area contributed by atoms with E-state index in [1.807, 2.05) is 0 Å². The predicted octanol–water partition coefficient (Wildman–Crippen LogP) is 11.6. The summed E-state index contributed by atoms with van der Waals surface area (Å²) < 4.78 is 0. The quantitative estimate of drug-likeness (QED) is 0.145. The van der Waals surface area contributed by atoms with Crippen LogP contribution >= 0.6 is 121 Å². The fraction of sp³-hybridized carbons (Fsp3) is 0.375. The van der Waals surface area contributed by atoms with Crippen LogP contribution in [0.25, 0.3) is 0 Å². The van der Waals surface area contributed by atoms with Gasteiger partial charge in [0.15, 0.2) is 0 Å². The van der Waals surface area contributed by atoms with Gasteiger partial charge in [-0.05, 0) is 83.5 Å². The Morgan fingerprint density at radius 1 is 0.658 bits per heavy atom. The van der Waals surface area contributed by atoms with Gasteiger partial charge in [-0.15, -0.1) is 102 Å². The Balaban J connectivity index is 4.26. The lowest BCUT2D eigenvalue weighted by Crippen LogP contribution is -2.43. The van der Waals surface area contributed by atoms with Crippen molar-refractivity contribution < 1.29 is 0 Å². The second-order valence-corrected chi connectivity index (χ2v) is 37.4. The third-order valence-electron chi connectivity index (χ3n) is 6.82. The minimum atomic E-state index is -0.379. The summed E-state index contributed by atoms with van der Waals surface area (Å²) in [4.78, 5) is 0. The molecule has 0 radical (unpaired) electrons. The van der Waals surface area contributed by atoms with Crippen molar-refractivity contribution in [2.45, 2.75) is 0 Å². The lowest BCUT2D eigenvalue weighted by Gasteiger charge is -2.48. The molecule has 0 aromatic rings. The third-order valence-corrected chi connectivity index (χ3v) is 32.0. The van der Waals surface area contributed by atoms with Crippen LogP contribution in [0.15, 0.2) is 83.3 Å². The van der Waals surface area contributed by atoms with Crippen LogP contribution in [-0.4, -0.2) is 12.5 Å². The van der Waals surface area contributed by atoms with E-state index < -0.39 is 0 Å². The maximum absolute atomic E-state index is 4.41. The van der Waals surface area contributed by atoms with Crippen LogP contribution in [0.4, 0.5) is 0 Å². The minimum absolute atomic E-state index is 0.0739. The van der Waals surface area contributed by atoms with Crippen molar-refractivity contribution in [2.24, 2.45) is 47.3 Å². The molecule has 212 valence electrons. The monoisotopic (exact) mass is 768 g/mol. The second kappa shape index (κ2) is 20.9. The van der Waals surface area contributed by atoms with Gasteiger partial charge in [0.1, 0.15) is 0 Å². The van der Waals surface area contributed by atoms with Gasteiger partial charge in [0, 0.05) is 0 Å². The van der Waals surface area contributed by atoms with E-state index in [1.54, 1.807) is 0 Å². The first-order valence-electron chi connectivity index (χ1n) is 11.9. The second-order valence-electron chi connectivity index (χ2n) is 9.20. The molecule has 0 N–H and O–H groups in total. The molecule has 0 bridgehead atoms. The van der Waals surface area contributed by atoms with Crippen molar-refractivity contribution >= 4 is 126 Å². The Morgan fingerprint density at radius 2 is 1.08 bits per heavy atom. The summed E-state index contributed by atoms with van der Waals surface area (Å²) >= 11 is 0. The first-order valence-corrected chi connectivity index (χ1v) is 28.8. The zero-order valence-electron chi connectivity index (χ0n) is 22.0. The maximum atomic E-state index is 4.41. The first kappa shape index (κ1) is 40.0. The van der Waals surface area contributed by atoms with Crippen molar-refractivity contribution in [1.29, 1.82) is 0 Å². The third kappa shape index (κ3) is 12.4. The van der Waals surface area contributed by atoms with Gasteiger partial charge in [0.25, 0.3) is 0 Å². The fourth-order valence-electron chi connectivity index (χ4n) is 5.20. The van der Waals surface area contributed by atoms with Crippen LogP contribution in [0.1, 0.15) is 0 Å². The van der Waals surface area contributed by atoms with Gasteiger partial charge in [0.05, 0.1) is 0 Å². The zero-order chi connectivity index (χ0) is 29.2. The molecule has 0 aromatic heterocycles. The summed E-state index contributed by atoms with van der Waals surface area (Å²) in [5.41, 5.74) is 0. The van der Waals surface area contributed by atoms with Gasteiger partial charge < -0.3 is 0 Å². The summed E-state index contributed by atoms with van der Waals surface area (Å²) in [6.45, 7) is 15.3. The summed E-state index contributed by atoms with van der Waals surface area (Å²) in [6, 6.07) is 0. The number of hydrogen-bond acceptors (Lipinski definition) is 0. The van der Waals surface area contributed by atoms with E-state index in [-0.39, 0.29) is 63.0 Å². The number of rotatable bonds is 11. The lowest BCUT2D eigenvalue weighted by molar-refractivity contribution is 0.136. The predicted molar refractivity (Wildman–Crippen MR) is 229 cm³/mol. The molecule has 1 rings (SSSR count). The van der Waals surface area contributed by atoms with Gasteiger partial charge in [0.2, 0.25) is 0 Å². The Kier molecular flexibility index (Phi) is 21.9. The molecule has 20 unspecified atom stereocenters. The van der Waals surface area contributed by atoms with Gasteiger partial charge >= 0.3 is 0 Å². The number of hydrogen-bond donors (Lipinski definition) is 0. The van der Waals surface area contributed by atoms with Gasteiger partial charge in [-0.2, -0.15) is 0 Å². The zero-order valence-corrected chi connectivity index (χ0v) is 37.1. The van der Waals surface area contributed by atoms with Crippen LogP contribution in [0.2, 0.25) is 0 Å². The van der Waals surface area contributed by atoms with Crippen molar-refractivity contribution in [3.63, 3.8) is 0 Å². The number of allylic oxidation sites excluding steroid dienone is 7. The van der Waals surface area contributed by atoms with Gasteiger partial charge in [-0.25, -0.2) is 0 Å². The van der Waals surface area contributed by atoms with Crippen molar-refractivity contribution in [1.82, 2.24) is 0 Å². The Morgan fingerprint density at radius 3 is 1.47 bits per heavy atom. The van der Waals surface area contributed by atoms with E-state index in [2.05, 4.69) is 172 Å². The molecule has 1 fully saturated rings. The highest BCUT2D eigenvalue weighted by Crippen LogP contribution is 2.83. The van der Waals surface area contributed by atoms with Crippen LogP contribution in [-0.2, 0) is 0 Å². The van der Waals surface area contributed by atoms with Crippen molar-refractivity contribution in [2.75, 3.05) is 6.66 Å².